The Labute approximate surface area is 118 Å². The van der Waals surface area contributed by atoms with Gasteiger partial charge >= 0.3 is 0 Å². The molecular weight excluding hydrogens is 261 g/mol. The largest absolute Gasteiger partial charge is 0.356 e. The van der Waals surface area contributed by atoms with Crippen LogP contribution in [-0.2, 0) is 4.79 Å². The van der Waals surface area contributed by atoms with Crippen LogP contribution < -0.4 is 16.0 Å². The summed E-state index contributed by atoms with van der Waals surface area (Å²) in [7, 11) is 0. The molecule has 0 bridgehead atoms. The van der Waals surface area contributed by atoms with Crippen LogP contribution in [0.5, 0.6) is 0 Å². The smallest absolute Gasteiger partial charge is 0.242 e. The molecule has 0 aliphatic heterocycles. The van der Waals surface area contributed by atoms with Crippen LogP contribution in [-0.4, -0.2) is 34.0 Å². The van der Waals surface area contributed by atoms with Crippen molar-refractivity contribution in [2.24, 2.45) is 0 Å². The molecule has 1 aromatic heterocycles. The SMILES string of the molecule is CCNc1ncc(F)c(NC(C)C(=O)NC(C)(C)C)n1. The Morgan fingerprint density at radius 2 is 2.10 bits per heavy atom. The molecule has 20 heavy (non-hydrogen) atoms. The number of nitrogens with zero attached hydrogens (tertiary/aromatic N) is 2. The number of hydrogen-bond acceptors (Lipinski definition) is 5. The molecule has 0 aliphatic rings. The summed E-state index contributed by atoms with van der Waals surface area (Å²) in [6.45, 7) is 9.81. The quantitative estimate of drug-likeness (QED) is 0.767. The minimum Gasteiger partial charge on any atom is -0.356 e. The van der Waals surface area contributed by atoms with Gasteiger partial charge in [-0.15, -0.1) is 0 Å². The first kappa shape index (κ1) is 16.1. The van der Waals surface area contributed by atoms with Gasteiger partial charge in [0.05, 0.1) is 6.20 Å². The molecule has 1 unspecified atom stereocenters. The van der Waals surface area contributed by atoms with Crippen molar-refractivity contribution < 1.29 is 9.18 Å². The lowest BCUT2D eigenvalue weighted by molar-refractivity contribution is -0.122. The van der Waals surface area contributed by atoms with Gasteiger partial charge in [0.15, 0.2) is 11.6 Å². The Hall–Kier alpha value is -1.92. The van der Waals surface area contributed by atoms with Gasteiger partial charge in [-0.3, -0.25) is 4.79 Å². The molecule has 1 rings (SSSR count). The van der Waals surface area contributed by atoms with E-state index < -0.39 is 11.9 Å². The van der Waals surface area contributed by atoms with E-state index in [1.807, 2.05) is 27.7 Å². The van der Waals surface area contributed by atoms with E-state index in [1.165, 1.54) is 0 Å². The van der Waals surface area contributed by atoms with Crippen molar-refractivity contribution in [2.75, 3.05) is 17.2 Å². The van der Waals surface area contributed by atoms with Crippen molar-refractivity contribution >= 4 is 17.7 Å². The zero-order valence-corrected chi connectivity index (χ0v) is 12.5. The minimum absolute atomic E-state index is 0.00695. The highest BCUT2D eigenvalue weighted by Gasteiger charge is 2.20. The van der Waals surface area contributed by atoms with Crippen LogP contribution in [0.3, 0.4) is 0 Å². The predicted molar refractivity (Wildman–Crippen MR) is 77.1 cm³/mol. The highest BCUT2D eigenvalue weighted by Crippen LogP contribution is 2.13. The summed E-state index contributed by atoms with van der Waals surface area (Å²) in [4.78, 5) is 19.7. The molecule has 0 spiro atoms. The molecule has 1 aromatic rings. The zero-order chi connectivity index (χ0) is 15.3. The molecule has 0 saturated carbocycles. The van der Waals surface area contributed by atoms with E-state index in [0.717, 1.165) is 6.20 Å². The topological polar surface area (TPSA) is 78.9 Å². The summed E-state index contributed by atoms with van der Waals surface area (Å²) in [6.07, 6.45) is 1.07. The standard InChI is InChI=1S/C13H22FN5O/c1-6-15-12-16-7-9(14)10(18-12)17-8(2)11(20)19-13(3,4)5/h7-8H,6H2,1-5H3,(H,19,20)(H2,15,16,17,18). The van der Waals surface area contributed by atoms with Crippen molar-refractivity contribution in [3.63, 3.8) is 0 Å². The predicted octanol–water partition coefficient (Wildman–Crippen LogP) is 1.76. The third-order valence-electron chi connectivity index (χ3n) is 2.32. The monoisotopic (exact) mass is 283 g/mol. The highest BCUT2D eigenvalue weighted by atomic mass is 19.1. The molecule has 0 radical (unpaired) electrons. The molecule has 0 aromatic carbocycles. The second-order valence-electron chi connectivity index (χ2n) is 5.53. The normalized spacial score (nSPS) is 12.7. The number of halogens is 1. The maximum absolute atomic E-state index is 13.6. The highest BCUT2D eigenvalue weighted by molar-refractivity contribution is 5.84. The Bertz CT molecular complexity index is 472. The molecule has 0 fully saturated rings. The Morgan fingerprint density at radius 3 is 2.65 bits per heavy atom. The number of hydrogen-bond donors (Lipinski definition) is 3. The number of aromatic nitrogens is 2. The zero-order valence-electron chi connectivity index (χ0n) is 12.5. The molecule has 1 atom stereocenters. The van der Waals surface area contributed by atoms with E-state index in [2.05, 4.69) is 25.9 Å². The van der Waals surface area contributed by atoms with Crippen LogP contribution in [0.1, 0.15) is 34.6 Å². The van der Waals surface area contributed by atoms with Gasteiger partial charge in [0.2, 0.25) is 11.9 Å². The van der Waals surface area contributed by atoms with Crippen LogP contribution in [0.25, 0.3) is 0 Å². The van der Waals surface area contributed by atoms with Crippen LogP contribution in [0.4, 0.5) is 16.2 Å². The Balaban J connectivity index is 2.76. The fraction of sp³-hybridized carbons (Fsp3) is 0.615. The molecule has 0 saturated heterocycles. The van der Waals surface area contributed by atoms with E-state index in [-0.39, 0.29) is 17.3 Å². The average molecular weight is 283 g/mol. The van der Waals surface area contributed by atoms with Gasteiger partial charge in [0.25, 0.3) is 0 Å². The van der Waals surface area contributed by atoms with Crippen molar-refractivity contribution in [3.05, 3.63) is 12.0 Å². The fourth-order valence-electron chi connectivity index (χ4n) is 1.46. The molecule has 0 aliphatic carbocycles. The van der Waals surface area contributed by atoms with E-state index in [1.54, 1.807) is 6.92 Å². The van der Waals surface area contributed by atoms with Gasteiger partial charge in [-0.2, -0.15) is 4.98 Å². The van der Waals surface area contributed by atoms with Gasteiger partial charge < -0.3 is 16.0 Å². The van der Waals surface area contributed by atoms with E-state index >= 15 is 0 Å². The third kappa shape index (κ3) is 4.99. The fourth-order valence-corrected chi connectivity index (χ4v) is 1.46. The second-order valence-corrected chi connectivity index (χ2v) is 5.53. The van der Waals surface area contributed by atoms with E-state index in [0.29, 0.717) is 12.5 Å². The number of rotatable bonds is 5. The minimum atomic E-state index is -0.604. The van der Waals surface area contributed by atoms with E-state index in [4.69, 9.17) is 0 Å². The molecule has 1 heterocycles. The summed E-state index contributed by atoms with van der Waals surface area (Å²) in [6, 6.07) is -0.604. The lowest BCUT2D eigenvalue weighted by Crippen LogP contribution is -2.47. The van der Waals surface area contributed by atoms with E-state index in [9.17, 15) is 9.18 Å². The van der Waals surface area contributed by atoms with Crippen LogP contribution >= 0.6 is 0 Å². The van der Waals surface area contributed by atoms with Gasteiger partial charge in [-0.05, 0) is 34.6 Å². The second kappa shape index (κ2) is 6.49. The molecule has 6 nitrogen and oxygen atoms in total. The first-order valence-electron chi connectivity index (χ1n) is 6.58. The molecule has 112 valence electrons. The summed E-state index contributed by atoms with van der Waals surface area (Å²) in [5.41, 5.74) is -0.341. The maximum atomic E-state index is 13.6. The van der Waals surface area contributed by atoms with Gasteiger partial charge in [-0.25, -0.2) is 9.37 Å². The Morgan fingerprint density at radius 1 is 1.45 bits per heavy atom. The van der Waals surface area contributed by atoms with Crippen molar-refractivity contribution in [1.82, 2.24) is 15.3 Å². The number of carbonyl (C=O) groups is 1. The molecule has 1 amide bonds. The number of nitrogens with one attached hydrogen (secondary N) is 3. The molecule has 7 heteroatoms. The third-order valence-corrected chi connectivity index (χ3v) is 2.32. The van der Waals surface area contributed by atoms with Gasteiger partial charge in [0.1, 0.15) is 6.04 Å². The van der Waals surface area contributed by atoms with Crippen molar-refractivity contribution in [3.8, 4) is 0 Å². The van der Waals surface area contributed by atoms with Crippen molar-refractivity contribution in [2.45, 2.75) is 46.2 Å². The summed E-state index contributed by atoms with van der Waals surface area (Å²) in [5.74, 6) is -0.491. The number of anilines is 2. The van der Waals surface area contributed by atoms with Crippen LogP contribution in [0, 0.1) is 5.82 Å². The van der Waals surface area contributed by atoms with Gasteiger partial charge in [-0.1, -0.05) is 0 Å². The maximum Gasteiger partial charge on any atom is 0.242 e. The lowest BCUT2D eigenvalue weighted by Gasteiger charge is -2.24. The summed E-state index contributed by atoms with van der Waals surface area (Å²) < 4.78 is 13.6. The lowest BCUT2D eigenvalue weighted by atomic mass is 10.1. The molecular formula is C13H22FN5O. The number of carbonyl (C=O) groups excluding carboxylic acids is 1. The van der Waals surface area contributed by atoms with Crippen molar-refractivity contribution in [1.29, 1.82) is 0 Å². The Kier molecular flexibility index (Phi) is 5.24. The number of amides is 1. The molecule has 3 N–H and O–H groups in total. The van der Waals surface area contributed by atoms with Crippen LogP contribution in [0.2, 0.25) is 0 Å². The summed E-state index contributed by atoms with van der Waals surface area (Å²) >= 11 is 0. The average Bonchev–Trinajstić information content (AvgIpc) is 2.31. The first-order chi connectivity index (χ1) is 9.23. The first-order valence-corrected chi connectivity index (χ1v) is 6.58. The van der Waals surface area contributed by atoms with Gasteiger partial charge in [0, 0.05) is 12.1 Å². The summed E-state index contributed by atoms with van der Waals surface area (Å²) in [5, 5.41) is 8.46. The van der Waals surface area contributed by atoms with Crippen LogP contribution in [0.15, 0.2) is 6.20 Å².